The first-order chi connectivity index (χ1) is 20.4. The monoisotopic (exact) mass is 606 g/mol. The smallest absolute Gasteiger partial charge is 0.282 e. The van der Waals surface area contributed by atoms with Crippen LogP contribution in [0.5, 0.6) is 11.5 Å². The van der Waals surface area contributed by atoms with Crippen LogP contribution in [0.3, 0.4) is 0 Å². The molecule has 12 heteroatoms. The van der Waals surface area contributed by atoms with Crippen molar-refractivity contribution in [2.24, 2.45) is 5.10 Å². The second-order valence-electron chi connectivity index (χ2n) is 9.42. The largest absolute Gasteiger partial charge is 0.493 e. The van der Waals surface area contributed by atoms with Gasteiger partial charge in [-0.15, -0.1) is 0 Å². The van der Waals surface area contributed by atoms with Gasteiger partial charge >= 0.3 is 0 Å². The predicted molar refractivity (Wildman–Crippen MR) is 160 cm³/mol. The molecule has 5 aromatic rings. The molecule has 6 rings (SSSR count). The lowest BCUT2D eigenvalue weighted by Crippen LogP contribution is -2.43. The van der Waals surface area contributed by atoms with Crippen molar-refractivity contribution in [3.8, 4) is 23.1 Å². The summed E-state index contributed by atoms with van der Waals surface area (Å²) in [6.07, 6.45) is 1.41. The molecule has 0 aliphatic carbocycles. The summed E-state index contributed by atoms with van der Waals surface area (Å²) in [7, 11) is 1.47. The number of halogens is 2. The van der Waals surface area contributed by atoms with Gasteiger partial charge in [-0.1, -0.05) is 35.3 Å². The van der Waals surface area contributed by atoms with Gasteiger partial charge in [0.15, 0.2) is 23.9 Å². The lowest BCUT2D eigenvalue weighted by Gasteiger charge is -2.27. The molecule has 0 bridgehead atoms. The fraction of sp³-hybridized carbons (Fsp3) is 0.200. The van der Waals surface area contributed by atoms with Gasteiger partial charge in [0.25, 0.3) is 11.5 Å². The van der Waals surface area contributed by atoms with Gasteiger partial charge in [0.05, 0.1) is 37.4 Å². The molecule has 0 atom stereocenters. The van der Waals surface area contributed by atoms with Gasteiger partial charge in [0.2, 0.25) is 5.82 Å². The number of aromatic nitrogens is 2. The average Bonchev–Trinajstić information content (AvgIpc) is 3.43. The number of nitrogens with zero attached hydrogens (tertiary/aromatic N) is 4. The maximum atomic E-state index is 13.7. The number of morpholine rings is 1. The molecular weight excluding hydrogens is 583 g/mol. The van der Waals surface area contributed by atoms with E-state index in [-0.39, 0.29) is 24.1 Å². The van der Waals surface area contributed by atoms with E-state index in [1.165, 1.54) is 13.3 Å². The van der Waals surface area contributed by atoms with Gasteiger partial charge in [0.1, 0.15) is 5.58 Å². The summed E-state index contributed by atoms with van der Waals surface area (Å²) in [4.78, 5) is 32.8. The third-order valence-electron chi connectivity index (χ3n) is 6.74. The topological polar surface area (TPSA) is 108 Å². The molecule has 2 aromatic heterocycles. The van der Waals surface area contributed by atoms with Crippen LogP contribution in [0.1, 0.15) is 5.56 Å². The Bertz CT molecular complexity index is 1890. The molecule has 1 aliphatic heterocycles. The molecule has 42 heavy (non-hydrogen) atoms. The molecule has 3 aromatic carbocycles. The normalized spacial score (nSPS) is 13.7. The van der Waals surface area contributed by atoms with Gasteiger partial charge in [-0.2, -0.15) is 9.78 Å². The first kappa shape index (κ1) is 27.8. The van der Waals surface area contributed by atoms with Crippen LogP contribution in [0.4, 0.5) is 0 Å². The van der Waals surface area contributed by atoms with Crippen molar-refractivity contribution >= 4 is 57.2 Å². The van der Waals surface area contributed by atoms with Crippen LogP contribution in [0.2, 0.25) is 10.0 Å². The summed E-state index contributed by atoms with van der Waals surface area (Å²) in [5.41, 5.74) is 1.03. The molecule has 0 saturated carbocycles. The lowest BCUT2D eigenvalue weighted by atomic mass is 10.2. The van der Waals surface area contributed by atoms with Crippen LogP contribution >= 0.6 is 23.2 Å². The molecule has 1 aliphatic rings. The summed E-state index contributed by atoms with van der Waals surface area (Å²) in [5.74, 6) is 0.858. The maximum absolute atomic E-state index is 13.7. The zero-order valence-electron chi connectivity index (χ0n) is 22.4. The van der Waals surface area contributed by atoms with E-state index >= 15 is 0 Å². The second-order valence-corrected chi connectivity index (χ2v) is 10.3. The number of carbonyl (C=O) groups is 1. The number of hydrogen-bond acceptors (Lipinski definition) is 8. The number of ether oxygens (including phenoxy) is 3. The molecular formula is C30H24Cl2N4O6. The number of benzene rings is 3. The van der Waals surface area contributed by atoms with Gasteiger partial charge in [-0.25, -0.2) is 4.98 Å². The lowest BCUT2D eigenvalue weighted by molar-refractivity contribution is -0.137. The van der Waals surface area contributed by atoms with Crippen LogP contribution in [-0.2, 0) is 9.53 Å². The average molecular weight is 607 g/mol. The van der Waals surface area contributed by atoms with E-state index in [0.717, 1.165) is 10.1 Å². The quantitative estimate of drug-likeness (QED) is 0.233. The second kappa shape index (κ2) is 11.8. The standard InChI is InChI=1S/C30H24Cl2N4O6/c1-39-25-15-21(32)13-19(28(25)41-17-27(37)35-8-10-40-11-9-35)16-33-36-29(34-23-5-3-2-4-22(23)30(36)38)26-14-18-12-20(31)6-7-24(18)42-26/h2-7,12-16H,8-11,17H2,1H3. The Balaban J connectivity index is 1.43. The molecule has 0 unspecified atom stereocenters. The minimum Gasteiger partial charge on any atom is -0.493 e. The van der Waals surface area contributed by atoms with E-state index in [4.69, 9.17) is 46.8 Å². The number of fused-ring (bicyclic) bond motifs is 2. The minimum absolute atomic E-state index is 0.182. The molecule has 0 N–H and O–H groups in total. The summed E-state index contributed by atoms with van der Waals surface area (Å²) in [6, 6.07) is 17.1. The molecule has 214 valence electrons. The zero-order chi connectivity index (χ0) is 29.2. The summed E-state index contributed by atoms with van der Waals surface area (Å²) >= 11 is 12.5. The van der Waals surface area contributed by atoms with Crippen LogP contribution in [0.15, 0.2) is 75.0 Å². The highest BCUT2D eigenvalue weighted by atomic mass is 35.5. The number of carbonyl (C=O) groups excluding carboxylic acids is 1. The molecule has 0 spiro atoms. The third kappa shape index (κ3) is 5.56. The maximum Gasteiger partial charge on any atom is 0.282 e. The molecule has 3 heterocycles. The van der Waals surface area contributed by atoms with Crippen LogP contribution in [0.25, 0.3) is 33.5 Å². The van der Waals surface area contributed by atoms with Crippen molar-refractivity contribution in [1.82, 2.24) is 14.6 Å². The highest BCUT2D eigenvalue weighted by molar-refractivity contribution is 6.31. The summed E-state index contributed by atoms with van der Waals surface area (Å²) in [6.45, 7) is 1.70. The number of amides is 1. The van der Waals surface area contributed by atoms with Crippen molar-refractivity contribution in [1.29, 1.82) is 0 Å². The fourth-order valence-corrected chi connectivity index (χ4v) is 5.06. The highest BCUT2D eigenvalue weighted by Gasteiger charge is 2.21. The SMILES string of the molecule is COc1cc(Cl)cc(C=Nn2c(-c3cc4cc(Cl)ccc4o3)nc3ccccc3c2=O)c1OCC(=O)N1CCOCC1. The molecule has 1 fully saturated rings. The molecule has 1 amide bonds. The number of rotatable bonds is 7. The van der Waals surface area contributed by atoms with Crippen molar-refractivity contribution < 1.29 is 23.4 Å². The minimum atomic E-state index is -0.413. The Morgan fingerprint density at radius 3 is 2.69 bits per heavy atom. The Kier molecular flexibility index (Phi) is 7.84. The number of methoxy groups -OCH3 is 1. The molecule has 1 saturated heterocycles. The van der Waals surface area contributed by atoms with Crippen LogP contribution in [-0.4, -0.2) is 66.7 Å². The first-order valence-corrected chi connectivity index (χ1v) is 13.8. The van der Waals surface area contributed by atoms with E-state index in [2.05, 4.69) is 5.10 Å². The van der Waals surface area contributed by atoms with Crippen LogP contribution < -0.4 is 15.0 Å². The Labute approximate surface area is 249 Å². The van der Waals surface area contributed by atoms with Crippen molar-refractivity contribution in [2.75, 3.05) is 40.0 Å². The Hall–Kier alpha value is -4.38. The highest BCUT2D eigenvalue weighted by Crippen LogP contribution is 2.34. The van der Waals surface area contributed by atoms with E-state index in [1.54, 1.807) is 65.6 Å². The first-order valence-electron chi connectivity index (χ1n) is 13.0. The van der Waals surface area contributed by atoms with Crippen molar-refractivity contribution in [2.45, 2.75) is 0 Å². The summed E-state index contributed by atoms with van der Waals surface area (Å²) < 4.78 is 23.9. The Morgan fingerprint density at radius 1 is 1.07 bits per heavy atom. The third-order valence-corrected chi connectivity index (χ3v) is 7.19. The number of hydrogen-bond donors (Lipinski definition) is 0. The van der Waals surface area contributed by atoms with Gasteiger partial charge in [-0.05, 0) is 42.5 Å². The van der Waals surface area contributed by atoms with Gasteiger partial charge in [-0.3, -0.25) is 9.59 Å². The Morgan fingerprint density at radius 2 is 1.88 bits per heavy atom. The fourth-order valence-electron chi connectivity index (χ4n) is 4.66. The van der Waals surface area contributed by atoms with Gasteiger partial charge in [0, 0.05) is 40.2 Å². The van der Waals surface area contributed by atoms with E-state index in [0.29, 0.717) is 69.9 Å². The summed E-state index contributed by atoms with van der Waals surface area (Å²) in [5, 5.41) is 6.52. The predicted octanol–water partition coefficient (Wildman–Crippen LogP) is 5.24. The van der Waals surface area contributed by atoms with E-state index in [9.17, 15) is 9.59 Å². The van der Waals surface area contributed by atoms with Crippen molar-refractivity contribution in [3.05, 3.63) is 86.6 Å². The van der Waals surface area contributed by atoms with Crippen LogP contribution in [0, 0.1) is 0 Å². The number of para-hydroxylation sites is 1. The molecule has 10 nitrogen and oxygen atoms in total. The number of furan rings is 1. The van der Waals surface area contributed by atoms with E-state index in [1.807, 2.05) is 0 Å². The zero-order valence-corrected chi connectivity index (χ0v) is 23.9. The van der Waals surface area contributed by atoms with Gasteiger partial charge < -0.3 is 23.5 Å². The van der Waals surface area contributed by atoms with E-state index < -0.39 is 5.56 Å². The van der Waals surface area contributed by atoms with Crippen molar-refractivity contribution in [3.63, 3.8) is 0 Å². The molecule has 0 radical (unpaired) electrons.